The van der Waals surface area contributed by atoms with E-state index in [-0.39, 0.29) is 0 Å². The van der Waals surface area contributed by atoms with Gasteiger partial charge in [-0.05, 0) is 37.8 Å². The molecule has 0 aromatic heterocycles. The Bertz CT molecular complexity index is 333. The van der Waals surface area contributed by atoms with Gasteiger partial charge in [0.25, 0.3) is 0 Å². The average Bonchev–Trinajstić information content (AvgIpc) is 2.53. The third-order valence-electron chi connectivity index (χ3n) is 3.97. The van der Waals surface area contributed by atoms with Gasteiger partial charge in [0.2, 0.25) is 0 Å². The van der Waals surface area contributed by atoms with E-state index in [2.05, 4.69) is 27.7 Å². The maximum absolute atomic E-state index is 8.74. The molecule has 0 saturated heterocycles. The highest BCUT2D eigenvalue weighted by molar-refractivity contribution is 7.79. The second kappa shape index (κ2) is 23.8. The molecule has 0 bridgehead atoms. The average molecular weight is 413 g/mol. The number of unbranched alkanes of at least 4 members (excludes halogenated alkanes) is 8. The van der Waals surface area contributed by atoms with Crippen LogP contribution in [0.15, 0.2) is 0 Å². The van der Waals surface area contributed by atoms with E-state index < -0.39 is 10.4 Å². The topological polar surface area (TPSA) is 127 Å². The molecule has 0 rings (SSSR count). The lowest BCUT2D eigenvalue weighted by Crippen LogP contribution is -1.97. The molecule has 0 atom stereocenters. The van der Waals surface area contributed by atoms with Crippen LogP contribution in [0.4, 0.5) is 0 Å². The molecular formula is C20H48N2O4S. The minimum atomic E-state index is -4.67. The molecule has 0 aliphatic heterocycles. The minimum absolute atomic E-state index is 0.865. The maximum atomic E-state index is 8.74. The number of hydrogen-bond donors (Lipinski definition) is 4. The van der Waals surface area contributed by atoms with E-state index >= 15 is 0 Å². The van der Waals surface area contributed by atoms with Crippen molar-refractivity contribution in [2.24, 2.45) is 23.3 Å². The van der Waals surface area contributed by atoms with Crippen molar-refractivity contribution in [1.29, 1.82) is 0 Å². The fraction of sp³-hybridized carbons (Fsp3) is 1.00. The highest BCUT2D eigenvalue weighted by Crippen LogP contribution is 2.10. The van der Waals surface area contributed by atoms with Crippen molar-refractivity contribution in [2.45, 2.75) is 105 Å². The smallest absolute Gasteiger partial charge is 0.330 e. The predicted molar refractivity (Wildman–Crippen MR) is 117 cm³/mol. The first-order chi connectivity index (χ1) is 12.5. The van der Waals surface area contributed by atoms with E-state index in [1.165, 1.54) is 77.0 Å². The fourth-order valence-corrected chi connectivity index (χ4v) is 2.45. The van der Waals surface area contributed by atoms with E-state index in [9.17, 15) is 0 Å². The number of hydrogen-bond acceptors (Lipinski definition) is 4. The molecule has 0 unspecified atom stereocenters. The standard InChI is InChI=1S/2C10H23N.H2O4S/c2*1-10(2)8-6-4-3-5-7-9-11;1-5(2,3)4/h2*10H,3-9,11H2,1-2H3;(H2,1,2,3,4). The molecule has 0 aromatic carbocycles. The summed E-state index contributed by atoms with van der Waals surface area (Å²) in [7, 11) is -4.67. The van der Waals surface area contributed by atoms with E-state index in [1.807, 2.05) is 0 Å². The zero-order valence-corrected chi connectivity index (χ0v) is 19.1. The fourth-order valence-electron chi connectivity index (χ4n) is 2.45. The third-order valence-corrected chi connectivity index (χ3v) is 3.97. The number of nitrogens with two attached hydrogens (primary N) is 2. The molecule has 0 spiro atoms. The molecule has 0 fully saturated rings. The molecule has 168 valence electrons. The van der Waals surface area contributed by atoms with Gasteiger partial charge in [0.05, 0.1) is 0 Å². The molecule has 0 amide bonds. The summed E-state index contributed by atoms with van der Waals surface area (Å²) in [6.07, 6.45) is 16.2. The molecule has 0 aliphatic rings. The SMILES string of the molecule is CC(C)CCCCCCCN.CC(C)CCCCCCCN.O=S(=O)(O)O. The monoisotopic (exact) mass is 412 g/mol. The molecule has 27 heavy (non-hydrogen) atoms. The molecule has 0 saturated carbocycles. The summed E-state index contributed by atoms with van der Waals surface area (Å²) in [6, 6.07) is 0. The summed E-state index contributed by atoms with van der Waals surface area (Å²) in [5.74, 6) is 1.76. The van der Waals surface area contributed by atoms with Gasteiger partial charge in [-0.1, -0.05) is 91.9 Å². The van der Waals surface area contributed by atoms with Crippen LogP contribution in [0, 0.1) is 11.8 Å². The van der Waals surface area contributed by atoms with Crippen molar-refractivity contribution < 1.29 is 17.5 Å². The zero-order chi connectivity index (χ0) is 21.6. The molecule has 0 radical (unpaired) electrons. The molecule has 0 aliphatic carbocycles. The van der Waals surface area contributed by atoms with Crippen molar-refractivity contribution in [2.75, 3.05) is 13.1 Å². The van der Waals surface area contributed by atoms with Crippen LogP contribution in [0.3, 0.4) is 0 Å². The normalized spacial score (nSPS) is 11.0. The molecule has 7 heteroatoms. The second-order valence-corrected chi connectivity index (χ2v) is 8.82. The van der Waals surface area contributed by atoms with Gasteiger partial charge >= 0.3 is 10.4 Å². The summed E-state index contributed by atoms with van der Waals surface area (Å²) in [6.45, 7) is 10.9. The Balaban J connectivity index is -0.000000344. The summed E-state index contributed by atoms with van der Waals surface area (Å²) < 4.78 is 31.6. The highest BCUT2D eigenvalue weighted by Gasteiger charge is 1.94. The molecular weight excluding hydrogens is 364 g/mol. The van der Waals surface area contributed by atoms with Crippen LogP contribution in [-0.4, -0.2) is 30.6 Å². The van der Waals surface area contributed by atoms with Crippen LogP contribution in [0.1, 0.15) is 105 Å². The zero-order valence-electron chi connectivity index (χ0n) is 18.3. The third kappa shape index (κ3) is 58.5. The Hall–Kier alpha value is -0.210. The lowest BCUT2D eigenvalue weighted by Gasteiger charge is -2.03. The van der Waals surface area contributed by atoms with Gasteiger partial charge in [0.15, 0.2) is 0 Å². The molecule has 6 nitrogen and oxygen atoms in total. The van der Waals surface area contributed by atoms with Crippen LogP contribution in [-0.2, 0) is 10.4 Å². The number of rotatable bonds is 14. The Labute approximate surface area is 169 Å². The van der Waals surface area contributed by atoms with Gasteiger partial charge in [0.1, 0.15) is 0 Å². The second-order valence-electron chi connectivity index (χ2n) is 7.93. The van der Waals surface area contributed by atoms with Crippen LogP contribution < -0.4 is 11.5 Å². The first kappa shape index (κ1) is 31.5. The van der Waals surface area contributed by atoms with Gasteiger partial charge in [-0.25, -0.2) is 0 Å². The summed E-state index contributed by atoms with van der Waals surface area (Å²) >= 11 is 0. The van der Waals surface area contributed by atoms with Crippen LogP contribution in [0.5, 0.6) is 0 Å². The van der Waals surface area contributed by atoms with Gasteiger partial charge in [-0.2, -0.15) is 8.42 Å². The van der Waals surface area contributed by atoms with Gasteiger partial charge in [-0.3, -0.25) is 9.11 Å². The minimum Gasteiger partial charge on any atom is -0.330 e. The quantitative estimate of drug-likeness (QED) is 0.228. The van der Waals surface area contributed by atoms with Gasteiger partial charge < -0.3 is 11.5 Å². The lowest BCUT2D eigenvalue weighted by molar-refractivity contribution is 0.381. The van der Waals surface area contributed by atoms with Crippen molar-refractivity contribution in [3.05, 3.63) is 0 Å². The van der Waals surface area contributed by atoms with Gasteiger partial charge in [0, 0.05) is 0 Å². The van der Waals surface area contributed by atoms with E-state index in [0.29, 0.717) is 0 Å². The van der Waals surface area contributed by atoms with Crippen molar-refractivity contribution >= 4 is 10.4 Å². The highest BCUT2D eigenvalue weighted by atomic mass is 32.3. The van der Waals surface area contributed by atoms with Crippen molar-refractivity contribution in [1.82, 2.24) is 0 Å². The van der Waals surface area contributed by atoms with Crippen molar-refractivity contribution in [3.8, 4) is 0 Å². The van der Waals surface area contributed by atoms with Crippen LogP contribution in [0.25, 0.3) is 0 Å². The first-order valence-electron chi connectivity index (χ1n) is 10.6. The van der Waals surface area contributed by atoms with E-state index in [0.717, 1.165) is 24.9 Å². The maximum Gasteiger partial charge on any atom is 0.394 e. The predicted octanol–water partition coefficient (Wildman–Crippen LogP) is 5.23. The van der Waals surface area contributed by atoms with Crippen molar-refractivity contribution in [3.63, 3.8) is 0 Å². The Morgan fingerprint density at radius 1 is 0.593 bits per heavy atom. The molecule has 0 aromatic rings. The van der Waals surface area contributed by atoms with Crippen LogP contribution in [0.2, 0.25) is 0 Å². The first-order valence-corrected chi connectivity index (χ1v) is 12.0. The van der Waals surface area contributed by atoms with E-state index in [1.54, 1.807) is 0 Å². The Morgan fingerprint density at radius 3 is 1.04 bits per heavy atom. The molecule has 0 heterocycles. The summed E-state index contributed by atoms with van der Waals surface area (Å²) in [5.41, 5.74) is 10.8. The van der Waals surface area contributed by atoms with E-state index in [4.69, 9.17) is 29.0 Å². The Kier molecular flexibility index (Phi) is 27.8. The molecule has 6 N–H and O–H groups in total. The van der Waals surface area contributed by atoms with Gasteiger partial charge in [-0.15, -0.1) is 0 Å². The van der Waals surface area contributed by atoms with Crippen LogP contribution >= 0.6 is 0 Å². The Morgan fingerprint density at radius 2 is 0.815 bits per heavy atom. The largest absolute Gasteiger partial charge is 0.394 e. The summed E-state index contributed by atoms with van der Waals surface area (Å²) in [4.78, 5) is 0. The summed E-state index contributed by atoms with van der Waals surface area (Å²) in [5, 5.41) is 0. The lowest BCUT2D eigenvalue weighted by atomic mass is 10.0.